The van der Waals surface area contributed by atoms with Crippen LogP contribution in [0.25, 0.3) is 5.65 Å². The van der Waals surface area contributed by atoms with Crippen LogP contribution in [-0.2, 0) is 0 Å². The number of thioether (sulfide) groups is 1. The number of fused-ring (bicyclic) bond motifs is 1. The monoisotopic (exact) mass is 310 g/mol. The third kappa shape index (κ3) is 2.19. The molecule has 0 amide bonds. The van der Waals surface area contributed by atoms with Crippen LogP contribution in [0.1, 0.15) is 6.42 Å². The van der Waals surface area contributed by atoms with Crippen molar-refractivity contribution in [3.05, 3.63) is 34.7 Å². The molecule has 88 valence electrons. The zero-order valence-electron chi connectivity index (χ0n) is 9.01. The van der Waals surface area contributed by atoms with E-state index in [4.69, 9.17) is 0 Å². The summed E-state index contributed by atoms with van der Waals surface area (Å²) in [6.45, 7) is 0.912. The highest BCUT2D eigenvalue weighted by Gasteiger charge is 2.12. The first-order valence-corrected chi connectivity index (χ1v) is 7.10. The summed E-state index contributed by atoms with van der Waals surface area (Å²) < 4.78 is 2.91. The van der Waals surface area contributed by atoms with Crippen molar-refractivity contribution < 1.29 is 0 Å². The second-order valence-corrected chi connectivity index (χ2v) is 5.82. The Hall–Kier alpha value is -1.01. The molecule has 1 unspecified atom stereocenters. The smallest absolute Gasteiger partial charge is 0.180 e. The molecular weight excluding hydrogens is 300 g/mol. The lowest BCUT2D eigenvalue weighted by molar-refractivity contribution is 0.917. The summed E-state index contributed by atoms with van der Waals surface area (Å²) in [6, 6.07) is 0. The molecule has 3 heterocycles. The molecule has 1 atom stereocenters. The molecule has 17 heavy (non-hydrogen) atoms. The summed E-state index contributed by atoms with van der Waals surface area (Å²) in [7, 11) is 0. The van der Waals surface area contributed by atoms with Gasteiger partial charge in [-0.3, -0.25) is 4.40 Å². The Morgan fingerprint density at radius 3 is 3.29 bits per heavy atom. The molecule has 1 aliphatic rings. The van der Waals surface area contributed by atoms with E-state index in [1.807, 2.05) is 22.4 Å². The molecule has 1 N–H and O–H groups in total. The van der Waals surface area contributed by atoms with Gasteiger partial charge in [-0.05, 0) is 27.8 Å². The van der Waals surface area contributed by atoms with E-state index in [0.717, 1.165) is 29.0 Å². The maximum Gasteiger partial charge on any atom is 0.180 e. The van der Waals surface area contributed by atoms with Crippen LogP contribution in [0.2, 0.25) is 0 Å². The number of aromatic nitrogens is 3. The van der Waals surface area contributed by atoms with Gasteiger partial charge in [-0.25, -0.2) is 9.97 Å². The van der Waals surface area contributed by atoms with Crippen molar-refractivity contribution in [2.45, 2.75) is 11.7 Å². The Balaban J connectivity index is 1.80. The Morgan fingerprint density at radius 1 is 1.53 bits per heavy atom. The van der Waals surface area contributed by atoms with Gasteiger partial charge in [0.25, 0.3) is 0 Å². The molecule has 0 fully saturated rings. The summed E-state index contributed by atoms with van der Waals surface area (Å²) in [4.78, 5) is 8.67. The van der Waals surface area contributed by atoms with Crippen molar-refractivity contribution in [1.29, 1.82) is 0 Å². The van der Waals surface area contributed by atoms with Gasteiger partial charge in [-0.15, -0.1) is 11.8 Å². The van der Waals surface area contributed by atoms with Crippen LogP contribution >= 0.6 is 27.7 Å². The number of nitrogens with zero attached hydrogens (tertiary/aromatic N) is 3. The minimum atomic E-state index is 0.607. The number of rotatable bonds is 3. The van der Waals surface area contributed by atoms with Gasteiger partial charge in [0.2, 0.25) is 0 Å². The van der Waals surface area contributed by atoms with Gasteiger partial charge in [0, 0.05) is 24.2 Å². The van der Waals surface area contributed by atoms with Crippen molar-refractivity contribution >= 4 is 39.2 Å². The largest absolute Gasteiger partial charge is 0.366 e. The first-order valence-electron chi connectivity index (χ1n) is 5.36. The maximum absolute atomic E-state index is 4.34. The van der Waals surface area contributed by atoms with E-state index in [2.05, 4.69) is 42.7 Å². The normalized spacial score (nSPS) is 19.0. The van der Waals surface area contributed by atoms with Crippen molar-refractivity contribution in [3.8, 4) is 0 Å². The van der Waals surface area contributed by atoms with Crippen molar-refractivity contribution in [3.63, 3.8) is 0 Å². The number of hydrogen-bond donors (Lipinski definition) is 1. The van der Waals surface area contributed by atoms with Crippen LogP contribution in [0.5, 0.6) is 0 Å². The Bertz CT molecular complexity index is 558. The second kappa shape index (κ2) is 4.70. The third-order valence-corrected chi connectivity index (χ3v) is 4.33. The number of allylic oxidation sites excluding steroid dienone is 1. The van der Waals surface area contributed by atoms with E-state index in [-0.39, 0.29) is 0 Å². The lowest BCUT2D eigenvalue weighted by atomic mass is 10.3. The standard InChI is InChI=1S/C11H11BrN4S/c12-9-7-15-11-10(13-3-4-16(9)11)14-6-8-2-1-5-17-8/h1,3-5,7-8H,2,6H2,(H,13,14). The van der Waals surface area contributed by atoms with Crippen LogP contribution in [-0.4, -0.2) is 26.2 Å². The summed E-state index contributed by atoms with van der Waals surface area (Å²) >= 11 is 5.31. The third-order valence-electron chi connectivity index (χ3n) is 2.65. The van der Waals surface area contributed by atoms with E-state index in [1.54, 1.807) is 12.4 Å². The molecule has 0 aliphatic carbocycles. The van der Waals surface area contributed by atoms with Gasteiger partial charge < -0.3 is 5.32 Å². The maximum atomic E-state index is 4.34. The molecule has 3 rings (SSSR count). The first kappa shape index (κ1) is 11.1. The zero-order chi connectivity index (χ0) is 11.7. The summed E-state index contributed by atoms with van der Waals surface area (Å²) in [5.41, 5.74) is 0.857. The van der Waals surface area contributed by atoms with Gasteiger partial charge in [0.1, 0.15) is 4.60 Å². The highest BCUT2D eigenvalue weighted by atomic mass is 79.9. The van der Waals surface area contributed by atoms with Crippen molar-refractivity contribution in [2.75, 3.05) is 11.9 Å². The zero-order valence-corrected chi connectivity index (χ0v) is 11.4. The number of nitrogens with one attached hydrogen (secondary N) is 1. The van der Waals surface area contributed by atoms with Crippen LogP contribution in [0, 0.1) is 0 Å². The number of imidazole rings is 1. The molecule has 0 radical (unpaired) electrons. The SMILES string of the molecule is Brc1cnc2c(NCC3CC=CS3)nccn12. The van der Waals surface area contributed by atoms with Crippen LogP contribution in [0.3, 0.4) is 0 Å². The van der Waals surface area contributed by atoms with E-state index in [0.29, 0.717) is 5.25 Å². The molecule has 2 aromatic rings. The predicted octanol–water partition coefficient (Wildman–Crippen LogP) is 2.92. The van der Waals surface area contributed by atoms with Crippen molar-refractivity contribution in [2.24, 2.45) is 0 Å². The Labute approximate surface area is 112 Å². The van der Waals surface area contributed by atoms with E-state index < -0.39 is 0 Å². The van der Waals surface area contributed by atoms with Crippen molar-refractivity contribution in [1.82, 2.24) is 14.4 Å². The fourth-order valence-corrected chi connectivity index (χ4v) is 3.02. The Morgan fingerprint density at radius 2 is 2.47 bits per heavy atom. The van der Waals surface area contributed by atoms with Gasteiger partial charge in [0.15, 0.2) is 11.5 Å². The molecule has 0 bridgehead atoms. The molecule has 1 aliphatic heterocycles. The fourth-order valence-electron chi connectivity index (χ4n) is 1.79. The van der Waals surface area contributed by atoms with Crippen LogP contribution in [0.4, 0.5) is 5.82 Å². The number of hydrogen-bond acceptors (Lipinski definition) is 4. The van der Waals surface area contributed by atoms with Gasteiger partial charge in [-0.2, -0.15) is 0 Å². The highest BCUT2D eigenvalue weighted by Crippen LogP contribution is 2.24. The van der Waals surface area contributed by atoms with E-state index in [1.165, 1.54) is 0 Å². The average molecular weight is 311 g/mol. The predicted molar refractivity (Wildman–Crippen MR) is 74.3 cm³/mol. The molecule has 6 heteroatoms. The molecule has 0 aromatic carbocycles. The van der Waals surface area contributed by atoms with E-state index >= 15 is 0 Å². The minimum Gasteiger partial charge on any atom is -0.366 e. The molecule has 0 saturated carbocycles. The summed E-state index contributed by atoms with van der Waals surface area (Å²) in [5, 5.41) is 6.13. The molecular formula is C11H11BrN4S. The van der Waals surface area contributed by atoms with Gasteiger partial charge in [-0.1, -0.05) is 6.08 Å². The van der Waals surface area contributed by atoms with Gasteiger partial charge in [0.05, 0.1) is 6.20 Å². The lowest BCUT2D eigenvalue weighted by Gasteiger charge is -2.11. The van der Waals surface area contributed by atoms with E-state index in [9.17, 15) is 0 Å². The Kier molecular flexibility index (Phi) is 3.07. The number of anilines is 1. The summed E-state index contributed by atoms with van der Waals surface area (Å²) in [6.07, 6.45) is 8.79. The molecule has 0 saturated heterocycles. The summed E-state index contributed by atoms with van der Waals surface area (Å²) in [5.74, 6) is 0.839. The van der Waals surface area contributed by atoms with Crippen LogP contribution in [0.15, 0.2) is 34.7 Å². The highest BCUT2D eigenvalue weighted by molar-refractivity contribution is 9.10. The quantitative estimate of drug-likeness (QED) is 0.946. The molecule has 4 nitrogen and oxygen atoms in total. The minimum absolute atomic E-state index is 0.607. The lowest BCUT2D eigenvalue weighted by Crippen LogP contribution is -2.15. The second-order valence-electron chi connectivity index (χ2n) is 3.80. The fraction of sp³-hybridized carbons (Fsp3) is 0.273. The first-order chi connectivity index (χ1) is 8.34. The molecule has 2 aromatic heterocycles. The molecule has 0 spiro atoms. The van der Waals surface area contributed by atoms with Gasteiger partial charge >= 0.3 is 0 Å². The topological polar surface area (TPSA) is 42.2 Å². The number of halogens is 1. The van der Waals surface area contributed by atoms with Crippen LogP contribution < -0.4 is 5.32 Å². The average Bonchev–Trinajstić information content (AvgIpc) is 2.97.